The molecule has 0 spiro atoms. The number of ether oxygens (including phenoxy) is 2. The maximum atomic E-state index is 6.28. The van der Waals surface area contributed by atoms with Crippen molar-refractivity contribution in [3.63, 3.8) is 0 Å². The van der Waals surface area contributed by atoms with Gasteiger partial charge < -0.3 is 14.8 Å². The molecule has 1 aliphatic carbocycles. The quantitative estimate of drug-likeness (QED) is 0.742. The van der Waals surface area contributed by atoms with Crippen LogP contribution in [0, 0.1) is 5.41 Å². The minimum atomic E-state index is 0.164. The van der Waals surface area contributed by atoms with Gasteiger partial charge in [0.2, 0.25) is 5.95 Å². The van der Waals surface area contributed by atoms with E-state index in [-0.39, 0.29) is 5.41 Å². The summed E-state index contributed by atoms with van der Waals surface area (Å²) in [5.74, 6) is 1.30. The molecule has 2 saturated heterocycles. The first-order chi connectivity index (χ1) is 11.8. The number of rotatable bonds is 5. The molecular formula is C16H18N6O2. The van der Waals surface area contributed by atoms with Gasteiger partial charge in [-0.15, -0.1) is 5.10 Å². The molecule has 0 amide bonds. The predicted octanol–water partition coefficient (Wildman–Crippen LogP) is 1.72. The number of aromatic nitrogens is 5. The Morgan fingerprint density at radius 3 is 3.12 bits per heavy atom. The third-order valence-corrected chi connectivity index (χ3v) is 4.96. The summed E-state index contributed by atoms with van der Waals surface area (Å²) in [5, 5.41) is 14.3. The van der Waals surface area contributed by atoms with E-state index >= 15 is 0 Å². The average molecular weight is 326 g/mol. The summed E-state index contributed by atoms with van der Waals surface area (Å²) >= 11 is 0. The number of anilines is 1. The molecule has 2 bridgehead atoms. The van der Waals surface area contributed by atoms with Gasteiger partial charge in [0, 0.05) is 36.0 Å². The molecule has 0 unspecified atom stereocenters. The normalized spacial score (nSPS) is 25.0. The number of fused-ring (bicyclic) bond motifs is 2. The molecular weight excluding hydrogens is 308 g/mol. The number of hydrogen-bond donors (Lipinski definition) is 2. The van der Waals surface area contributed by atoms with Gasteiger partial charge in [0.25, 0.3) is 0 Å². The maximum Gasteiger partial charge on any atom is 0.242 e. The van der Waals surface area contributed by atoms with Crippen LogP contribution in [0.5, 0.6) is 5.75 Å². The molecule has 3 fully saturated rings. The van der Waals surface area contributed by atoms with E-state index in [4.69, 9.17) is 9.47 Å². The lowest BCUT2D eigenvalue weighted by Gasteiger charge is -2.34. The Balaban J connectivity index is 1.57. The highest BCUT2D eigenvalue weighted by atomic mass is 16.5. The summed E-state index contributed by atoms with van der Waals surface area (Å²) in [7, 11) is 1.80. The first-order valence-corrected chi connectivity index (χ1v) is 8.07. The first-order valence-electron chi connectivity index (χ1n) is 8.07. The molecule has 3 aliphatic rings. The van der Waals surface area contributed by atoms with Crippen LogP contribution in [0.15, 0.2) is 24.7 Å². The van der Waals surface area contributed by atoms with Crippen LogP contribution in [0.4, 0.5) is 5.95 Å². The Kier molecular flexibility index (Phi) is 2.84. The van der Waals surface area contributed by atoms with Crippen LogP contribution in [0.2, 0.25) is 0 Å². The lowest BCUT2D eigenvalue weighted by Crippen LogP contribution is -2.38. The van der Waals surface area contributed by atoms with Crippen LogP contribution in [0.3, 0.4) is 0 Å². The van der Waals surface area contributed by atoms with Crippen molar-refractivity contribution in [1.82, 2.24) is 24.8 Å². The van der Waals surface area contributed by atoms with Crippen molar-refractivity contribution in [2.24, 2.45) is 5.41 Å². The number of H-pyrrole nitrogens is 1. The molecule has 3 aromatic rings. The summed E-state index contributed by atoms with van der Waals surface area (Å²) in [6, 6.07) is 1.98. The SMILES string of the molecule is CNc1nc2c(OCC34COC(C3)C4)c(-c3cn[nH]c3)ccn2n1. The average Bonchev–Trinajstić information content (AvgIpc) is 3.34. The number of pyridine rings is 1. The molecule has 2 aliphatic heterocycles. The van der Waals surface area contributed by atoms with Crippen molar-refractivity contribution in [2.45, 2.75) is 18.9 Å². The van der Waals surface area contributed by atoms with Crippen molar-refractivity contribution >= 4 is 11.6 Å². The summed E-state index contributed by atoms with van der Waals surface area (Å²) in [6.07, 6.45) is 8.13. The largest absolute Gasteiger partial charge is 0.488 e. The van der Waals surface area contributed by atoms with E-state index in [1.807, 2.05) is 18.5 Å². The Morgan fingerprint density at radius 1 is 1.50 bits per heavy atom. The third kappa shape index (κ3) is 1.99. The van der Waals surface area contributed by atoms with Gasteiger partial charge in [-0.1, -0.05) is 0 Å². The fraction of sp³-hybridized carbons (Fsp3) is 0.438. The van der Waals surface area contributed by atoms with Crippen molar-refractivity contribution in [3.05, 3.63) is 24.7 Å². The van der Waals surface area contributed by atoms with Gasteiger partial charge in [-0.25, -0.2) is 4.52 Å². The summed E-state index contributed by atoms with van der Waals surface area (Å²) in [4.78, 5) is 4.54. The Hall–Kier alpha value is -2.61. The molecule has 3 aromatic heterocycles. The second kappa shape index (κ2) is 4.94. The van der Waals surface area contributed by atoms with E-state index in [2.05, 4.69) is 25.6 Å². The lowest BCUT2D eigenvalue weighted by molar-refractivity contribution is 0.0828. The Labute approximate surface area is 138 Å². The summed E-state index contributed by atoms with van der Waals surface area (Å²) < 4.78 is 13.7. The zero-order chi connectivity index (χ0) is 16.1. The van der Waals surface area contributed by atoms with Gasteiger partial charge in [-0.2, -0.15) is 10.1 Å². The van der Waals surface area contributed by atoms with Crippen LogP contribution < -0.4 is 10.1 Å². The highest BCUT2D eigenvalue weighted by Crippen LogP contribution is 2.50. The van der Waals surface area contributed by atoms with E-state index in [0.29, 0.717) is 24.3 Å². The van der Waals surface area contributed by atoms with Gasteiger partial charge >= 0.3 is 0 Å². The van der Waals surface area contributed by atoms with Crippen LogP contribution in [-0.4, -0.2) is 51.2 Å². The highest BCUT2D eigenvalue weighted by molar-refractivity contribution is 5.77. The smallest absolute Gasteiger partial charge is 0.242 e. The second-order valence-corrected chi connectivity index (χ2v) is 6.63. The molecule has 6 rings (SSSR count). The van der Waals surface area contributed by atoms with E-state index in [1.54, 1.807) is 17.8 Å². The van der Waals surface area contributed by atoms with Crippen molar-refractivity contribution in [3.8, 4) is 16.9 Å². The molecule has 5 heterocycles. The topological polar surface area (TPSA) is 89.4 Å². The zero-order valence-corrected chi connectivity index (χ0v) is 13.3. The van der Waals surface area contributed by atoms with Crippen LogP contribution in [0.1, 0.15) is 12.8 Å². The minimum Gasteiger partial charge on any atom is -0.488 e. The number of nitrogens with one attached hydrogen (secondary N) is 2. The van der Waals surface area contributed by atoms with Crippen molar-refractivity contribution in [1.29, 1.82) is 0 Å². The molecule has 0 radical (unpaired) electrons. The van der Waals surface area contributed by atoms with Crippen molar-refractivity contribution < 1.29 is 9.47 Å². The monoisotopic (exact) mass is 326 g/mol. The molecule has 8 heteroatoms. The van der Waals surface area contributed by atoms with E-state index in [1.165, 1.54) is 0 Å². The predicted molar refractivity (Wildman–Crippen MR) is 87.0 cm³/mol. The molecule has 0 atom stereocenters. The van der Waals surface area contributed by atoms with E-state index in [0.717, 1.165) is 36.3 Å². The first kappa shape index (κ1) is 13.8. The van der Waals surface area contributed by atoms with E-state index < -0.39 is 0 Å². The van der Waals surface area contributed by atoms with Gasteiger partial charge in [-0.3, -0.25) is 5.10 Å². The molecule has 0 aromatic carbocycles. The van der Waals surface area contributed by atoms with Gasteiger partial charge in [0.1, 0.15) is 0 Å². The fourth-order valence-corrected chi connectivity index (χ4v) is 3.62. The second-order valence-electron chi connectivity index (χ2n) is 6.63. The van der Waals surface area contributed by atoms with Gasteiger partial charge in [0.15, 0.2) is 11.4 Å². The maximum absolute atomic E-state index is 6.28. The number of aromatic amines is 1. The van der Waals surface area contributed by atoms with Crippen LogP contribution in [0.25, 0.3) is 16.8 Å². The minimum absolute atomic E-state index is 0.164. The molecule has 2 N–H and O–H groups in total. The van der Waals surface area contributed by atoms with Crippen molar-refractivity contribution in [2.75, 3.05) is 25.6 Å². The molecule has 124 valence electrons. The zero-order valence-electron chi connectivity index (χ0n) is 13.3. The van der Waals surface area contributed by atoms with Crippen LogP contribution >= 0.6 is 0 Å². The van der Waals surface area contributed by atoms with Gasteiger partial charge in [0.05, 0.1) is 25.5 Å². The van der Waals surface area contributed by atoms with Gasteiger partial charge in [-0.05, 0) is 18.9 Å². The standard InChI is InChI=1S/C16H18N6O2/c1-17-15-20-14-13(24-9-16-4-11(5-16)23-8-16)12(2-3-22(14)21-15)10-6-18-19-7-10/h2-3,6-7,11H,4-5,8-9H2,1H3,(H,17,21)(H,18,19). The number of nitrogens with zero attached hydrogens (tertiary/aromatic N) is 4. The third-order valence-electron chi connectivity index (χ3n) is 4.96. The number of hydrogen-bond acceptors (Lipinski definition) is 6. The summed E-state index contributed by atoms with van der Waals surface area (Å²) in [6.45, 7) is 1.42. The molecule has 1 saturated carbocycles. The Bertz CT molecular complexity index is 876. The Morgan fingerprint density at radius 2 is 2.42 bits per heavy atom. The van der Waals surface area contributed by atoms with Crippen LogP contribution in [-0.2, 0) is 4.74 Å². The molecule has 24 heavy (non-hydrogen) atoms. The highest BCUT2D eigenvalue weighted by Gasteiger charge is 2.52. The fourth-order valence-electron chi connectivity index (χ4n) is 3.62. The van der Waals surface area contributed by atoms with E-state index in [9.17, 15) is 0 Å². The summed E-state index contributed by atoms with van der Waals surface area (Å²) in [5.41, 5.74) is 2.78. The molecule has 8 nitrogen and oxygen atoms in total. The lowest BCUT2D eigenvalue weighted by atomic mass is 9.71.